The topological polar surface area (TPSA) is 38.3 Å². The second kappa shape index (κ2) is 6.97. The number of nitrogens with one attached hydrogen (secondary N) is 1. The molecule has 1 aromatic rings. The highest BCUT2D eigenvalue weighted by Gasteiger charge is 2.20. The van der Waals surface area contributed by atoms with Crippen molar-refractivity contribution in [3.05, 3.63) is 28.8 Å². The highest BCUT2D eigenvalue weighted by Crippen LogP contribution is 2.24. The third kappa shape index (κ3) is 4.23. The van der Waals surface area contributed by atoms with Gasteiger partial charge in [0.15, 0.2) is 0 Å². The summed E-state index contributed by atoms with van der Waals surface area (Å²) in [6, 6.07) is 4.36. The number of ether oxygens (including phenoxy) is 1. The van der Waals surface area contributed by atoms with Crippen molar-refractivity contribution in [2.24, 2.45) is 5.92 Å². The van der Waals surface area contributed by atoms with E-state index in [1.807, 2.05) is 26.0 Å². The summed E-state index contributed by atoms with van der Waals surface area (Å²) in [6.07, 6.45) is 5.16. The van der Waals surface area contributed by atoms with E-state index in [2.05, 4.69) is 12.2 Å². The first-order valence-electron chi connectivity index (χ1n) is 7.93. The van der Waals surface area contributed by atoms with Gasteiger partial charge in [-0.05, 0) is 74.3 Å². The molecule has 0 bridgehead atoms. The van der Waals surface area contributed by atoms with Crippen LogP contribution in [0.1, 0.15) is 49.3 Å². The first-order chi connectivity index (χ1) is 9.99. The number of carbonyl (C=O) groups excluding carboxylic acids is 1. The van der Waals surface area contributed by atoms with E-state index in [9.17, 15) is 4.79 Å². The van der Waals surface area contributed by atoms with E-state index in [0.717, 1.165) is 41.2 Å². The van der Waals surface area contributed by atoms with Crippen LogP contribution in [0.25, 0.3) is 0 Å². The van der Waals surface area contributed by atoms with Gasteiger partial charge < -0.3 is 10.1 Å². The number of aryl methyl sites for hydroxylation is 2. The first kappa shape index (κ1) is 15.9. The van der Waals surface area contributed by atoms with Gasteiger partial charge >= 0.3 is 0 Å². The van der Waals surface area contributed by atoms with Crippen LogP contribution in [-0.2, 0) is 11.2 Å². The van der Waals surface area contributed by atoms with Crippen molar-refractivity contribution in [3.8, 4) is 5.75 Å². The molecule has 0 heterocycles. The molecule has 1 saturated carbocycles. The Bertz CT molecular complexity index is 479. The molecule has 3 nitrogen and oxygen atoms in total. The lowest BCUT2D eigenvalue weighted by molar-refractivity contribution is -0.121. The molecule has 1 fully saturated rings. The summed E-state index contributed by atoms with van der Waals surface area (Å²) >= 11 is 0. The Morgan fingerprint density at radius 1 is 1.19 bits per heavy atom. The summed E-state index contributed by atoms with van der Waals surface area (Å²) in [4.78, 5) is 12.3. The minimum atomic E-state index is 0.144. The quantitative estimate of drug-likeness (QED) is 0.920. The van der Waals surface area contributed by atoms with E-state index >= 15 is 0 Å². The van der Waals surface area contributed by atoms with Crippen LogP contribution in [-0.4, -0.2) is 19.1 Å². The van der Waals surface area contributed by atoms with Gasteiger partial charge in [-0.25, -0.2) is 0 Å². The fraction of sp³-hybridized carbons (Fsp3) is 0.611. The first-order valence-corrected chi connectivity index (χ1v) is 7.93. The predicted molar refractivity (Wildman–Crippen MR) is 85.7 cm³/mol. The third-order valence-electron chi connectivity index (χ3n) is 4.62. The summed E-state index contributed by atoms with van der Waals surface area (Å²) in [7, 11) is 1.67. The van der Waals surface area contributed by atoms with Crippen molar-refractivity contribution < 1.29 is 9.53 Å². The Morgan fingerprint density at radius 3 is 2.29 bits per heavy atom. The Morgan fingerprint density at radius 2 is 1.76 bits per heavy atom. The number of benzene rings is 1. The highest BCUT2D eigenvalue weighted by atomic mass is 16.5. The van der Waals surface area contributed by atoms with Gasteiger partial charge in [-0.15, -0.1) is 0 Å². The summed E-state index contributed by atoms with van der Waals surface area (Å²) < 4.78 is 5.27. The Kier molecular flexibility index (Phi) is 5.27. The van der Waals surface area contributed by atoms with E-state index in [0.29, 0.717) is 12.5 Å². The van der Waals surface area contributed by atoms with E-state index in [1.54, 1.807) is 7.11 Å². The van der Waals surface area contributed by atoms with E-state index in [-0.39, 0.29) is 5.91 Å². The van der Waals surface area contributed by atoms with Gasteiger partial charge in [0, 0.05) is 6.04 Å². The fourth-order valence-electron chi connectivity index (χ4n) is 3.19. The maximum atomic E-state index is 12.3. The van der Waals surface area contributed by atoms with Crippen LogP contribution in [0.15, 0.2) is 12.1 Å². The summed E-state index contributed by atoms with van der Waals surface area (Å²) in [6.45, 7) is 6.38. The zero-order chi connectivity index (χ0) is 15.4. The monoisotopic (exact) mass is 289 g/mol. The van der Waals surface area contributed by atoms with Gasteiger partial charge in [0.2, 0.25) is 5.91 Å². The maximum Gasteiger partial charge on any atom is 0.224 e. The van der Waals surface area contributed by atoms with Crippen LogP contribution in [0.2, 0.25) is 0 Å². The van der Waals surface area contributed by atoms with Crippen LogP contribution in [0.5, 0.6) is 5.75 Å². The van der Waals surface area contributed by atoms with Gasteiger partial charge in [-0.2, -0.15) is 0 Å². The van der Waals surface area contributed by atoms with Crippen LogP contribution in [0.4, 0.5) is 0 Å². The summed E-state index contributed by atoms with van der Waals surface area (Å²) in [5.41, 5.74) is 3.37. The second-order valence-electron chi connectivity index (χ2n) is 6.44. The summed E-state index contributed by atoms with van der Waals surface area (Å²) in [5, 5.41) is 3.20. The van der Waals surface area contributed by atoms with Gasteiger partial charge in [0.25, 0.3) is 0 Å². The fourth-order valence-corrected chi connectivity index (χ4v) is 3.19. The number of amides is 1. The molecule has 1 amide bonds. The lowest BCUT2D eigenvalue weighted by Crippen LogP contribution is -2.38. The summed E-state index contributed by atoms with van der Waals surface area (Å²) in [5.74, 6) is 1.81. The SMILES string of the molecule is COc1cc(C)c(CC(=O)NC2CCC(C)CC2)c(C)c1. The molecule has 0 spiro atoms. The molecule has 0 aliphatic heterocycles. The number of hydrogen-bond acceptors (Lipinski definition) is 2. The minimum absolute atomic E-state index is 0.144. The van der Waals surface area contributed by atoms with Crippen molar-refractivity contribution in [1.29, 1.82) is 0 Å². The third-order valence-corrected chi connectivity index (χ3v) is 4.62. The van der Waals surface area contributed by atoms with Crippen molar-refractivity contribution in [2.45, 2.75) is 58.9 Å². The number of methoxy groups -OCH3 is 1. The normalized spacial score (nSPS) is 21.9. The molecule has 0 atom stereocenters. The van der Waals surface area contributed by atoms with Gasteiger partial charge in [0.05, 0.1) is 13.5 Å². The molecule has 0 unspecified atom stereocenters. The van der Waals surface area contributed by atoms with Gasteiger partial charge in [-0.1, -0.05) is 6.92 Å². The zero-order valence-electron chi connectivity index (χ0n) is 13.7. The molecule has 21 heavy (non-hydrogen) atoms. The molecular formula is C18H27NO2. The molecule has 0 aromatic heterocycles. The maximum absolute atomic E-state index is 12.3. The number of rotatable bonds is 4. The molecule has 1 aliphatic rings. The molecule has 116 valence electrons. The van der Waals surface area contributed by atoms with Crippen LogP contribution < -0.4 is 10.1 Å². The van der Waals surface area contributed by atoms with Crippen LogP contribution >= 0.6 is 0 Å². The van der Waals surface area contributed by atoms with Crippen molar-refractivity contribution in [1.82, 2.24) is 5.32 Å². The molecule has 2 rings (SSSR count). The molecule has 1 N–H and O–H groups in total. The lowest BCUT2D eigenvalue weighted by atomic mass is 9.87. The van der Waals surface area contributed by atoms with Crippen LogP contribution in [0, 0.1) is 19.8 Å². The average molecular weight is 289 g/mol. The standard InChI is InChI=1S/C18H27NO2/c1-12-5-7-15(8-6-12)19-18(20)11-17-13(2)9-16(21-4)10-14(17)3/h9-10,12,15H,5-8,11H2,1-4H3,(H,19,20). The second-order valence-corrected chi connectivity index (χ2v) is 6.44. The van der Waals surface area contributed by atoms with Gasteiger partial charge in [0.1, 0.15) is 5.75 Å². The Hall–Kier alpha value is -1.51. The van der Waals surface area contributed by atoms with E-state index in [4.69, 9.17) is 4.74 Å². The van der Waals surface area contributed by atoms with E-state index in [1.165, 1.54) is 12.8 Å². The molecular weight excluding hydrogens is 262 g/mol. The molecule has 1 aromatic carbocycles. The van der Waals surface area contributed by atoms with Gasteiger partial charge in [-0.3, -0.25) is 4.79 Å². The number of hydrogen-bond donors (Lipinski definition) is 1. The lowest BCUT2D eigenvalue weighted by Gasteiger charge is -2.27. The van der Waals surface area contributed by atoms with Crippen molar-refractivity contribution in [2.75, 3.05) is 7.11 Å². The van der Waals surface area contributed by atoms with Crippen molar-refractivity contribution in [3.63, 3.8) is 0 Å². The molecule has 1 aliphatic carbocycles. The molecule has 0 radical (unpaired) electrons. The highest BCUT2D eigenvalue weighted by molar-refractivity contribution is 5.79. The molecule has 3 heteroatoms. The van der Waals surface area contributed by atoms with Crippen LogP contribution in [0.3, 0.4) is 0 Å². The zero-order valence-corrected chi connectivity index (χ0v) is 13.7. The predicted octanol–water partition coefficient (Wildman–Crippen LogP) is 3.55. The van der Waals surface area contributed by atoms with Crippen molar-refractivity contribution >= 4 is 5.91 Å². The largest absolute Gasteiger partial charge is 0.497 e. The Labute approximate surface area is 128 Å². The Balaban J connectivity index is 1.96. The number of carbonyl (C=O) groups is 1. The van der Waals surface area contributed by atoms with E-state index < -0.39 is 0 Å². The minimum Gasteiger partial charge on any atom is -0.497 e. The molecule has 0 saturated heterocycles. The average Bonchev–Trinajstić information content (AvgIpc) is 2.45. The smallest absolute Gasteiger partial charge is 0.224 e.